The lowest BCUT2D eigenvalue weighted by atomic mass is 10.0. The number of aliphatic hydroxyl groups excluding tert-OH is 1. The first-order valence-corrected chi connectivity index (χ1v) is 6.43. The summed E-state index contributed by atoms with van der Waals surface area (Å²) >= 11 is 0. The van der Waals surface area contributed by atoms with Crippen LogP contribution in [0.15, 0.2) is 47.1 Å². The largest absolute Gasteiger partial charge is 0.459 e. The molecule has 0 saturated carbocycles. The molecule has 2 atom stereocenters. The van der Waals surface area contributed by atoms with Gasteiger partial charge in [0.25, 0.3) is 5.91 Å². The summed E-state index contributed by atoms with van der Waals surface area (Å²) in [4.78, 5) is 13.9. The second-order valence-electron chi connectivity index (χ2n) is 4.89. The molecule has 1 aliphatic heterocycles. The molecular formula is C15H14FNO3. The minimum absolute atomic E-state index is 0.242. The number of amides is 1. The molecule has 2 unspecified atom stereocenters. The Kier molecular flexibility index (Phi) is 3.28. The molecule has 3 rings (SSSR count). The van der Waals surface area contributed by atoms with Crippen LogP contribution in [0.3, 0.4) is 0 Å². The van der Waals surface area contributed by atoms with Crippen molar-refractivity contribution in [2.75, 3.05) is 6.54 Å². The first-order valence-electron chi connectivity index (χ1n) is 6.43. The SMILES string of the molecule is O=C(c1ccco1)N1CC(O)CC1c1ccc(F)cc1. The molecule has 1 N–H and O–H groups in total. The molecule has 2 heterocycles. The second kappa shape index (κ2) is 5.09. The number of halogens is 1. The van der Waals surface area contributed by atoms with E-state index in [9.17, 15) is 14.3 Å². The first kappa shape index (κ1) is 12.9. The van der Waals surface area contributed by atoms with Crippen molar-refractivity contribution in [3.63, 3.8) is 0 Å². The van der Waals surface area contributed by atoms with Crippen LogP contribution in [-0.2, 0) is 0 Å². The number of aliphatic hydroxyl groups is 1. The molecule has 1 aromatic carbocycles. The van der Waals surface area contributed by atoms with E-state index >= 15 is 0 Å². The van der Waals surface area contributed by atoms with Crippen LogP contribution in [0, 0.1) is 5.82 Å². The highest BCUT2D eigenvalue weighted by Crippen LogP contribution is 2.33. The van der Waals surface area contributed by atoms with Crippen molar-refractivity contribution in [1.82, 2.24) is 4.90 Å². The van der Waals surface area contributed by atoms with E-state index in [4.69, 9.17) is 4.42 Å². The van der Waals surface area contributed by atoms with Gasteiger partial charge in [0.1, 0.15) is 5.82 Å². The number of β-amino-alcohol motifs (C(OH)–C–C–N with tert-alkyl or cyclic N) is 1. The first-order chi connectivity index (χ1) is 9.65. The molecule has 0 aliphatic carbocycles. The summed E-state index contributed by atoms with van der Waals surface area (Å²) in [6.45, 7) is 0.252. The van der Waals surface area contributed by atoms with Crippen molar-refractivity contribution in [2.24, 2.45) is 0 Å². The van der Waals surface area contributed by atoms with Crippen molar-refractivity contribution in [3.05, 3.63) is 59.8 Å². The van der Waals surface area contributed by atoms with E-state index in [0.29, 0.717) is 6.42 Å². The monoisotopic (exact) mass is 275 g/mol. The van der Waals surface area contributed by atoms with Crippen molar-refractivity contribution < 1.29 is 18.7 Å². The van der Waals surface area contributed by atoms with Crippen molar-refractivity contribution in [3.8, 4) is 0 Å². The van der Waals surface area contributed by atoms with Gasteiger partial charge >= 0.3 is 0 Å². The van der Waals surface area contributed by atoms with E-state index in [1.807, 2.05) is 0 Å². The number of benzene rings is 1. The molecule has 0 radical (unpaired) electrons. The maximum Gasteiger partial charge on any atom is 0.290 e. The fourth-order valence-electron chi connectivity index (χ4n) is 2.58. The lowest BCUT2D eigenvalue weighted by Crippen LogP contribution is -2.31. The third kappa shape index (κ3) is 2.32. The Morgan fingerprint density at radius 2 is 2.05 bits per heavy atom. The summed E-state index contributed by atoms with van der Waals surface area (Å²) in [5, 5.41) is 9.83. The number of furan rings is 1. The maximum atomic E-state index is 13.0. The van der Waals surface area contributed by atoms with Gasteiger partial charge in [-0.3, -0.25) is 4.79 Å². The topological polar surface area (TPSA) is 53.7 Å². The van der Waals surface area contributed by atoms with Crippen LogP contribution < -0.4 is 0 Å². The highest BCUT2D eigenvalue weighted by atomic mass is 19.1. The summed E-state index contributed by atoms with van der Waals surface area (Å²) < 4.78 is 18.1. The molecule has 1 amide bonds. The Balaban J connectivity index is 1.89. The minimum atomic E-state index is -0.580. The predicted octanol–water partition coefficient (Wildman–Crippen LogP) is 2.37. The molecule has 4 nitrogen and oxygen atoms in total. The van der Waals surface area contributed by atoms with E-state index in [-0.39, 0.29) is 30.1 Å². The van der Waals surface area contributed by atoms with Gasteiger partial charge < -0.3 is 14.4 Å². The fraction of sp³-hybridized carbons (Fsp3) is 0.267. The number of carbonyl (C=O) groups is 1. The fourth-order valence-corrected chi connectivity index (χ4v) is 2.58. The summed E-state index contributed by atoms with van der Waals surface area (Å²) in [6.07, 6.45) is 1.30. The van der Waals surface area contributed by atoms with Crippen LogP contribution in [0.1, 0.15) is 28.6 Å². The Morgan fingerprint density at radius 3 is 2.70 bits per heavy atom. The molecule has 104 valence electrons. The van der Waals surface area contributed by atoms with Crippen LogP contribution in [0.5, 0.6) is 0 Å². The Hall–Kier alpha value is -2.14. The molecule has 20 heavy (non-hydrogen) atoms. The quantitative estimate of drug-likeness (QED) is 0.915. The highest BCUT2D eigenvalue weighted by Gasteiger charge is 2.36. The molecule has 1 fully saturated rings. The lowest BCUT2D eigenvalue weighted by Gasteiger charge is -2.23. The number of hydrogen-bond donors (Lipinski definition) is 1. The molecule has 5 heteroatoms. The zero-order valence-corrected chi connectivity index (χ0v) is 10.7. The molecule has 0 bridgehead atoms. The zero-order chi connectivity index (χ0) is 14.1. The van der Waals surface area contributed by atoms with Crippen LogP contribution in [0.25, 0.3) is 0 Å². The lowest BCUT2D eigenvalue weighted by molar-refractivity contribution is 0.0683. The number of likely N-dealkylation sites (tertiary alicyclic amines) is 1. The van der Waals surface area contributed by atoms with Gasteiger partial charge in [0, 0.05) is 6.54 Å². The third-order valence-electron chi connectivity index (χ3n) is 3.53. The average Bonchev–Trinajstić information content (AvgIpc) is 3.08. The molecule has 1 aromatic heterocycles. The van der Waals surface area contributed by atoms with E-state index in [1.54, 1.807) is 29.2 Å². The number of hydrogen-bond acceptors (Lipinski definition) is 3. The van der Waals surface area contributed by atoms with Gasteiger partial charge in [0.05, 0.1) is 18.4 Å². The number of carbonyl (C=O) groups excluding carboxylic acids is 1. The van der Waals surface area contributed by atoms with Crippen molar-refractivity contribution in [2.45, 2.75) is 18.6 Å². The minimum Gasteiger partial charge on any atom is -0.459 e. The van der Waals surface area contributed by atoms with Crippen LogP contribution >= 0.6 is 0 Å². The van der Waals surface area contributed by atoms with Crippen LogP contribution in [0.4, 0.5) is 4.39 Å². The highest BCUT2D eigenvalue weighted by molar-refractivity contribution is 5.92. The van der Waals surface area contributed by atoms with Gasteiger partial charge in [-0.2, -0.15) is 0 Å². The van der Waals surface area contributed by atoms with Gasteiger partial charge in [0.15, 0.2) is 5.76 Å². The molecule has 2 aromatic rings. The van der Waals surface area contributed by atoms with Crippen molar-refractivity contribution in [1.29, 1.82) is 0 Å². The van der Waals surface area contributed by atoms with E-state index in [2.05, 4.69) is 0 Å². The molecule has 0 spiro atoms. The van der Waals surface area contributed by atoms with E-state index in [1.165, 1.54) is 18.4 Å². The summed E-state index contributed by atoms with van der Waals surface area (Å²) in [5.74, 6) is -0.344. The number of nitrogens with zero attached hydrogens (tertiary/aromatic N) is 1. The summed E-state index contributed by atoms with van der Waals surface area (Å²) in [6, 6.07) is 8.97. The average molecular weight is 275 g/mol. The summed E-state index contributed by atoms with van der Waals surface area (Å²) in [5.41, 5.74) is 0.808. The van der Waals surface area contributed by atoms with Gasteiger partial charge in [0.2, 0.25) is 0 Å². The number of rotatable bonds is 2. The van der Waals surface area contributed by atoms with Gasteiger partial charge in [-0.05, 0) is 36.2 Å². The Morgan fingerprint density at radius 1 is 1.30 bits per heavy atom. The molecule has 1 saturated heterocycles. The van der Waals surface area contributed by atoms with Gasteiger partial charge in [-0.1, -0.05) is 12.1 Å². The van der Waals surface area contributed by atoms with Gasteiger partial charge in [-0.15, -0.1) is 0 Å². The Bertz CT molecular complexity index is 594. The second-order valence-corrected chi connectivity index (χ2v) is 4.89. The smallest absolute Gasteiger partial charge is 0.290 e. The third-order valence-corrected chi connectivity index (χ3v) is 3.53. The van der Waals surface area contributed by atoms with Crippen LogP contribution in [0.2, 0.25) is 0 Å². The molecule has 1 aliphatic rings. The zero-order valence-electron chi connectivity index (χ0n) is 10.7. The maximum absolute atomic E-state index is 13.0. The standard InChI is InChI=1S/C15H14FNO3/c16-11-5-3-10(4-6-11)13-8-12(18)9-17(13)15(19)14-2-1-7-20-14/h1-7,12-13,18H,8-9H2. The Labute approximate surface area is 115 Å². The molecular weight excluding hydrogens is 261 g/mol. The van der Waals surface area contributed by atoms with E-state index in [0.717, 1.165) is 5.56 Å². The predicted molar refractivity (Wildman–Crippen MR) is 69.5 cm³/mol. The van der Waals surface area contributed by atoms with Crippen LogP contribution in [-0.4, -0.2) is 28.6 Å². The van der Waals surface area contributed by atoms with E-state index < -0.39 is 6.10 Å². The normalized spacial score (nSPS) is 22.2. The van der Waals surface area contributed by atoms with Crippen molar-refractivity contribution >= 4 is 5.91 Å². The van der Waals surface area contributed by atoms with Gasteiger partial charge in [-0.25, -0.2) is 4.39 Å². The summed E-state index contributed by atoms with van der Waals surface area (Å²) in [7, 11) is 0.